The summed E-state index contributed by atoms with van der Waals surface area (Å²) >= 11 is 0. The smallest absolute Gasteiger partial charge is 0.153 e. The van der Waals surface area contributed by atoms with Gasteiger partial charge >= 0.3 is 0 Å². The summed E-state index contributed by atoms with van der Waals surface area (Å²) in [7, 11) is -1.35. The predicted molar refractivity (Wildman–Crippen MR) is 50.9 cm³/mol. The van der Waals surface area contributed by atoms with Gasteiger partial charge < -0.3 is 5.73 Å². The van der Waals surface area contributed by atoms with Gasteiger partial charge in [0.25, 0.3) is 0 Å². The van der Waals surface area contributed by atoms with E-state index in [0.29, 0.717) is 11.5 Å². The van der Waals surface area contributed by atoms with Crippen molar-refractivity contribution in [2.45, 2.75) is 12.7 Å². The lowest BCUT2D eigenvalue weighted by Crippen LogP contribution is -2.03. The molecule has 0 unspecified atom stereocenters. The van der Waals surface area contributed by atoms with Gasteiger partial charge in [-0.3, -0.25) is 4.68 Å². The van der Waals surface area contributed by atoms with Crippen LogP contribution in [-0.2, 0) is 22.6 Å². The largest absolute Gasteiger partial charge is 0.384 e. The molecule has 0 fully saturated rings. The summed E-state index contributed by atoms with van der Waals surface area (Å²) in [5, 5.41) is 4.01. The van der Waals surface area contributed by atoms with E-state index in [2.05, 4.69) is 5.10 Å². The molecule has 0 aromatic carbocycles. The third kappa shape index (κ3) is 2.21. The molecule has 0 bridgehead atoms. The fraction of sp³-hybridized carbons (Fsp3) is 0.571. The number of nitrogen functional groups attached to an aromatic ring is 1. The molecule has 1 rings (SSSR count). The highest BCUT2D eigenvalue weighted by molar-refractivity contribution is 7.89. The second kappa shape index (κ2) is 3.02. The molecule has 0 saturated heterocycles. The molecule has 6 heteroatoms. The topological polar surface area (TPSA) is 78.0 Å². The van der Waals surface area contributed by atoms with Gasteiger partial charge in [0.05, 0.1) is 11.4 Å². The Labute approximate surface area is 77.5 Å². The Kier molecular flexibility index (Phi) is 2.34. The van der Waals surface area contributed by atoms with Crippen LogP contribution in [0.1, 0.15) is 11.3 Å². The zero-order valence-corrected chi connectivity index (χ0v) is 8.72. The zero-order valence-electron chi connectivity index (χ0n) is 7.90. The molecular formula is C7H13N3O2S. The molecule has 0 aliphatic rings. The summed E-state index contributed by atoms with van der Waals surface area (Å²) in [5.41, 5.74) is 6.90. The van der Waals surface area contributed by atoms with Crippen molar-refractivity contribution in [1.82, 2.24) is 9.78 Å². The van der Waals surface area contributed by atoms with Crippen LogP contribution >= 0.6 is 0 Å². The lowest BCUT2D eigenvalue weighted by atomic mass is 10.3. The van der Waals surface area contributed by atoms with Crippen LogP contribution in [0.4, 0.5) is 5.82 Å². The maximum Gasteiger partial charge on any atom is 0.153 e. The van der Waals surface area contributed by atoms with E-state index >= 15 is 0 Å². The number of nitrogens with zero attached hydrogens (tertiary/aromatic N) is 2. The average molecular weight is 203 g/mol. The standard InChI is InChI=1S/C7H13N3O2S/c1-5-6(4-13(3,11)12)9-10(2)7(5)8/h4,8H2,1-3H3. The molecule has 0 atom stereocenters. The number of hydrogen-bond acceptors (Lipinski definition) is 4. The molecule has 2 N–H and O–H groups in total. The fourth-order valence-electron chi connectivity index (χ4n) is 1.09. The fourth-order valence-corrected chi connectivity index (χ4v) is 1.86. The van der Waals surface area contributed by atoms with Crippen molar-refractivity contribution in [2.24, 2.45) is 7.05 Å². The first-order chi connectivity index (χ1) is 5.81. The van der Waals surface area contributed by atoms with Gasteiger partial charge in [0.15, 0.2) is 9.84 Å². The van der Waals surface area contributed by atoms with Crippen LogP contribution in [0.15, 0.2) is 0 Å². The third-order valence-electron chi connectivity index (χ3n) is 1.84. The molecule has 0 spiro atoms. The summed E-state index contributed by atoms with van der Waals surface area (Å²) in [6, 6.07) is 0. The Hall–Kier alpha value is -1.04. The molecule has 0 radical (unpaired) electrons. The quantitative estimate of drug-likeness (QED) is 0.725. The van der Waals surface area contributed by atoms with Crippen LogP contribution in [0, 0.1) is 6.92 Å². The monoisotopic (exact) mass is 203 g/mol. The van der Waals surface area contributed by atoms with E-state index in [0.717, 1.165) is 5.56 Å². The minimum absolute atomic E-state index is 0.0517. The Bertz CT molecular complexity index is 419. The molecule has 0 saturated carbocycles. The molecule has 13 heavy (non-hydrogen) atoms. The van der Waals surface area contributed by atoms with Crippen molar-refractivity contribution in [2.75, 3.05) is 12.0 Å². The average Bonchev–Trinajstić information content (AvgIpc) is 2.15. The van der Waals surface area contributed by atoms with Crippen molar-refractivity contribution in [3.05, 3.63) is 11.3 Å². The highest BCUT2D eigenvalue weighted by Gasteiger charge is 2.13. The van der Waals surface area contributed by atoms with E-state index in [4.69, 9.17) is 5.73 Å². The minimum atomic E-state index is -3.03. The molecule has 0 aliphatic carbocycles. The van der Waals surface area contributed by atoms with Crippen molar-refractivity contribution in [1.29, 1.82) is 0 Å². The van der Waals surface area contributed by atoms with Gasteiger partial charge in [-0.05, 0) is 6.92 Å². The minimum Gasteiger partial charge on any atom is -0.384 e. The van der Waals surface area contributed by atoms with Crippen molar-refractivity contribution in [3.63, 3.8) is 0 Å². The predicted octanol–water partition coefficient (Wildman–Crippen LogP) is -0.145. The van der Waals surface area contributed by atoms with E-state index in [1.54, 1.807) is 14.0 Å². The molecular weight excluding hydrogens is 190 g/mol. The number of aromatic nitrogens is 2. The van der Waals surface area contributed by atoms with Crippen LogP contribution in [-0.4, -0.2) is 24.5 Å². The van der Waals surface area contributed by atoms with Crippen LogP contribution in [0.25, 0.3) is 0 Å². The van der Waals surface area contributed by atoms with Crippen molar-refractivity contribution >= 4 is 15.7 Å². The van der Waals surface area contributed by atoms with Crippen molar-refractivity contribution in [3.8, 4) is 0 Å². The van der Waals surface area contributed by atoms with Gasteiger partial charge in [-0.15, -0.1) is 0 Å². The normalized spacial score (nSPS) is 11.9. The van der Waals surface area contributed by atoms with Crippen molar-refractivity contribution < 1.29 is 8.42 Å². The molecule has 0 aliphatic heterocycles. The number of sulfone groups is 1. The highest BCUT2D eigenvalue weighted by atomic mass is 32.2. The zero-order chi connectivity index (χ0) is 10.2. The lowest BCUT2D eigenvalue weighted by Gasteiger charge is -1.94. The molecule has 0 amide bonds. The Morgan fingerprint density at radius 2 is 2.08 bits per heavy atom. The highest BCUT2D eigenvalue weighted by Crippen LogP contribution is 2.15. The van der Waals surface area contributed by atoms with Gasteiger partial charge in [0, 0.05) is 18.9 Å². The summed E-state index contributed by atoms with van der Waals surface area (Å²) in [5.74, 6) is 0.461. The second-order valence-electron chi connectivity index (χ2n) is 3.15. The molecule has 1 aromatic rings. The van der Waals surface area contributed by atoms with E-state index < -0.39 is 9.84 Å². The maximum atomic E-state index is 11.0. The molecule has 1 heterocycles. The van der Waals surface area contributed by atoms with Gasteiger partial charge in [-0.25, -0.2) is 8.42 Å². The number of rotatable bonds is 2. The maximum absolute atomic E-state index is 11.0. The van der Waals surface area contributed by atoms with E-state index in [-0.39, 0.29) is 5.75 Å². The van der Waals surface area contributed by atoms with E-state index in [9.17, 15) is 8.42 Å². The van der Waals surface area contributed by atoms with Crippen LogP contribution < -0.4 is 5.73 Å². The van der Waals surface area contributed by atoms with Crippen LogP contribution in [0.3, 0.4) is 0 Å². The Morgan fingerprint density at radius 3 is 2.38 bits per heavy atom. The number of anilines is 1. The van der Waals surface area contributed by atoms with Crippen LogP contribution in [0.2, 0.25) is 0 Å². The van der Waals surface area contributed by atoms with E-state index in [1.165, 1.54) is 10.9 Å². The first kappa shape index (κ1) is 10.0. The summed E-state index contributed by atoms with van der Waals surface area (Å²) < 4.78 is 23.4. The first-order valence-corrected chi connectivity index (χ1v) is 5.83. The van der Waals surface area contributed by atoms with E-state index in [1.807, 2.05) is 0 Å². The Balaban J connectivity index is 3.11. The third-order valence-corrected chi connectivity index (χ3v) is 2.63. The molecule has 5 nitrogen and oxygen atoms in total. The van der Waals surface area contributed by atoms with Gasteiger partial charge in [-0.2, -0.15) is 5.10 Å². The summed E-state index contributed by atoms with van der Waals surface area (Å²) in [6.45, 7) is 1.77. The first-order valence-electron chi connectivity index (χ1n) is 3.77. The lowest BCUT2D eigenvalue weighted by molar-refractivity contribution is 0.599. The van der Waals surface area contributed by atoms with Crippen LogP contribution in [0.5, 0.6) is 0 Å². The summed E-state index contributed by atoms with van der Waals surface area (Å²) in [6.07, 6.45) is 1.18. The van der Waals surface area contributed by atoms with Gasteiger partial charge in [0.2, 0.25) is 0 Å². The summed E-state index contributed by atoms with van der Waals surface area (Å²) in [4.78, 5) is 0. The molecule has 1 aromatic heterocycles. The Morgan fingerprint density at radius 1 is 1.54 bits per heavy atom. The number of aryl methyl sites for hydroxylation is 1. The number of nitrogens with two attached hydrogens (primary N) is 1. The van der Waals surface area contributed by atoms with Gasteiger partial charge in [0.1, 0.15) is 5.82 Å². The second-order valence-corrected chi connectivity index (χ2v) is 5.29. The molecule has 74 valence electrons. The SMILES string of the molecule is Cc1c(CS(C)(=O)=O)nn(C)c1N. The van der Waals surface area contributed by atoms with Gasteiger partial charge in [-0.1, -0.05) is 0 Å². The number of hydrogen-bond donors (Lipinski definition) is 1.